The van der Waals surface area contributed by atoms with E-state index >= 15 is 0 Å². The first-order valence-electron chi connectivity index (χ1n) is 5.47. The van der Waals surface area contributed by atoms with E-state index in [0.717, 1.165) is 29.8 Å². The van der Waals surface area contributed by atoms with Crippen molar-refractivity contribution in [2.24, 2.45) is 0 Å². The smallest absolute Gasteiger partial charge is 0.119 e. The summed E-state index contributed by atoms with van der Waals surface area (Å²) in [5.41, 5.74) is 1.27. The highest BCUT2D eigenvalue weighted by molar-refractivity contribution is 5.26. The summed E-state index contributed by atoms with van der Waals surface area (Å²) >= 11 is 0. The molecule has 0 unspecified atom stereocenters. The zero-order chi connectivity index (χ0) is 11.3. The summed E-state index contributed by atoms with van der Waals surface area (Å²) in [6, 6.07) is 8.22. The molecule has 0 saturated heterocycles. The summed E-state index contributed by atoms with van der Waals surface area (Å²) in [5.74, 6) is 0.974. The molecule has 0 saturated carbocycles. The van der Waals surface area contributed by atoms with E-state index in [1.807, 2.05) is 12.1 Å². The average Bonchev–Trinajstić information content (AvgIpc) is 2.14. The maximum Gasteiger partial charge on any atom is 0.119 e. The molecule has 0 heterocycles. The quantitative estimate of drug-likeness (QED) is 0.533. The number of nitrogens with zero attached hydrogens (tertiary/aromatic N) is 1. The lowest BCUT2D eigenvalue weighted by Gasteiger charge is -2.23. The average molecular weight is 208 g/mol. The van der Waals surface area contributed by atoms with Crippen molar-refractivity contribution in [3.8, 4) is 5.75 Å². The Hall–Kier alpha value is -1.02. The third-order valence-electron chi connectivity index (χ3n) is 2.26. The zero-order valence-corrected chi connectivity index (χ0v) is 10.3. The van der Waals surface area contributed by atoms with Crippen LogP contribution in [-0.2, 0) is 0 Å². The van der Waals surface area contributed by atoms with E-state index in [-0.39, 0.29) is 0 Å². The molecule has 0 radical (unpaired) electrons. The van der Waals surface area contributed by atoms with Gasteiger partial charge in [-0.1, -0.05) is 17.7 Å². The summed E-state index contributed by atoms with van der Waals surface area (Å²) in [7, 11) is 6.60. The second-order valence-electron chi connectivity index (χ2n) is 5.03. The minimum Gasteiger partial charge on any atom is -0.493 e. The van der Waals surface area contributed by atoms with Crippen LogP contribution in [0.4, 0.5) is 0 Å². The largest absolute Gasteiger partial charge is 0.493 e. The van der Waals surface area contributed by atoms with Gasteiger partial charge in [0.25, 0.3) is 0 Å². The third kappa shape index (κ3) is 5.43. The van der Waals surface area contributed by atoms with Gasteiger partial charge in [-0.3, -0.25) is 0 Å². The van der Waals surface area contributed by atoms with Crippen LogP contribution in [0.2, 0.25) is 0 Å². The Labute approximate surface area is 93.1 Å². The van der Waals surface area contributed by atoms with Gasteiger partial charge in [0.15, 0.2) is 0 Å². The van der Waals surface area contributed by atoms with Crippen molar-refractivity contribution in [3.05, 3.63) is 29.8 Å². The molecule has 1 aromatic carbocycles. The van der Waals surface area contributed by atoms with Crippen molar-refractivity contribution in [2.75, 3.05) is 34.3 Å². The van der Waals surface area contributed by atoms with Gasteiger partial charge in [-0.25, -0.2) is 0 Å². The Balaban J connectivity index is 2.23. The SMILES string of the molecule is Cc1ccc(OCCC[N+](C)(C)C)cc1. The van der Waals surface area contributed by atoms with Gasteiger partial charge >= 0.3 is 0 Å². The fraction of sp³-hybridized carbons (Fsp3) is 0.538. The molecule has 0 fully saturated rings. The second kappa shape index (κ2) is 5.17. The highest BCUT2D eigenvalue weighted by atomic mass is 16.5. The first-order chi connectivity index (χ1) is 6.97. The van der Waals surface area contributed by atoms with E-state index in [9.17, 15) is 0 Å². The van der Waals surface area contributed by atoms with Crippen molar-refractivity contribution in [1.29, 1.82) is 0 Å². The lowest BCUT2D eigenvalue weighted by atomic mass is 10.2. The Morgan fingerprint density at radius 3 is 2.20 bits per heavy atom. The molecule has 0 amide bonds. The summed E-state index contributed by atoms with van der Waals surface area (Å²) in [4.78, 5) is 0. The molecule has 0 spiro atoms. The van der Waals surface area contributed by atoms with Gasteiger partial charge in [-0.2, -0.15) is 0 Å². The van der Waals surface area contributed by atoms with Crippen LogP contribution in [0.3, 0.4) is 0 Å². The van der Waals surface area contributed by atoms with Gasteiger partial charge in [0.2, 0.25) is 0 Å². The molecule has 0 aliphatic heterocycles. The molecule has 0 bridgehead atoms. The molecule has 0 aromatic heterocycles. The number of benzene rings is 1. The van der Waals surface area contributed by atoms with Crippen LogP contribution < -0.4 is 4.74 Å². The number of quaternary nitrogens is 1. The van der Waals surface area contributed by atoms with Crippen molar-refractivity contribution >= 4 is 0 Å². The molecule has 0 aliphatic rings. The Morgan fingerprint density at radius 1 is 1.07 bits per heavy atom. The lowest BCUT2D eigenvalue weighted by Crippen LogP contribution is -2.35. The second-order valence-corrected chi connectivity index (χ2v) is 5.03. The van der Waals surface area contributed by atoms with E-state index in [2.05, 4.69) is 40.2 Å². The number of aryl methyl sites for hydroxylation is 1. The zero-order valence-electron chi connectivity index (χ0n) is 10.3. The van der Waals surface area contributed by atoms with Crippen LogP contribution in [-0.4, -0.2) is 38.8 Å². The van der Waals surface area contributed by atoms with Gasteiger partial charge in [0.05, 0.1) is 34.3 Å². The Kier molecular flexibility index (Phi) is 4.15. The molecule has 2 heteroatoms. The standard InChI is InChI=1S/C13H22NO/c1-12-6-8-13(9-7-12)15-11-5-10-14(2,3)4/h6-9H,5,10-11H2,1-4H3/q+1. The predicted octanol–water partition coefficient (Wildman–Crippen LogP) is 2.47. The molecule has 0 atom stereocenters. The molecular weight excluding hydrogens is 186 g/mol. The van der Waals surface area contributed by atoms with Crippen LogP contribution in [0.5, 0.6) is 5.75 Å². The van der Waals surface area contributed by atoms with E-state index in [1.54, 1.807) is 0 Å². The van der Waals surface area contributed by atoms with Crippen LogP contribution in [0.15, 0.2) is 24.3 Å². The van der Waals surface area contributed by atoms with Gasteiger partial charge in [0, 0.05) is 6.42 Å². The molecular formula is C13H22NO+. The predicted molar refractivity (Wildman–Crippen MR) is 64.2 cm³/mol. The van der Waals surface area contributed by atoms with Crippen molar-refractivity contribution < 1.29 is 9.22 Å². The fourth-order valence-electron chi connectivity index (χ4n) is 1.36. The maximum absolute atomic E-state index is 5.65. The summed E-state index contributed by atoms with van der Waals surface area (Å²) in [6.45, 7) is 4.03. The van der Waals surface area contributed by atoms with Gasteiger partial charge in [0.1, 0.15) is 5.75 Å². The number of rotatable bonds is 5. The molecule has 2 nitrogen and oxygen atoms in total. The maximum atomic E-state index is 5.65. The highest BCUT2D eigenvalue weighted by Crippen LogP contribution is 2.11. The molecule has 1 rings (SSSR count). The van der Waals surface area contributed by atoms with E-state index < -0.39 is 0 Å². The summed E-state index contributed by atoms with van der Waals surface area (Å²) < 4.78 is 6.64. The molecule has 0 N–H and O–H groups in total. The topological polar surface area (TPSA) is 9.23 Å². The van der Waals surface area contributed by atoms with Crippen molar-refractivity contribution in [3.63, 3.8) is 0 Å². The fourth-order valence-corrected chi connectivity index (χ4v) is 1.36. The normalized spacial score (nSPS) is 11.5. The summed E-state index contributed by atoms with van der Waals surface area (Å²) in [5, 5.41) is 0. The van der Waals surface area contributed by atoms with Crippen molar-refractivity contribution in [2.45, 2.75) is 13.3 Å². The van der Waals surface area contributed by atoms with Crippen LogP contribution in [0.25, 0.3) is 0 Å². The van der Waals surface area contributed by atoms with E-state index in [4.69, 9.17) is 4.74 Å². The third-order valence-corrected chi connectivity index (χ3v) is 2.26. The monoisotopic (exact) mass is 208 g/mol. The molecule has 0 aliphatic carbocycles. The number of ether oxygens (including phenoxy) is 1. The van der Waals surface area contributed by atoms with Gasteiger partial charge < -0.3 is 9.22 Å². The van der Waals surface area contributed by atoms with Crippen LogP contribution in [0.1, 0.15) is 12.0 Å². The Bertz CT molecular complexity index is 284. The molecule has 84 valence electrons. The van der Waals surface area contributed by atoms with Gasteiger partial charge in [-0.05, 0) is 19.1 Å². The molecule has 15 heavy (non-hydrogen) atoms. The lowest BCUT2D eigenvalue weighted by molar-refractivity contribution is -0.870. The van der Waals surface area contributed by atoms with E-state index in [1.165, 1.54) is 5.56 Å². The molecule has 1 aromatic rings. The van der Waals surface area contributed by atoms with E-state index in [0.29, 0.717) is 0 Å². The first kappa shape index (κ1) is 12.1. The Morgan fingerprint density at radius 2 is 1.67 bits per heavy atom. The van der Waals surface area contributed by atoms with Crippen LogP contribution >= 0.6 is 0 Å². The highest BCUT2D eigenvalue weighted by Gasteiger charge is 2.05. The minimum absolute atomic E-state index is 0.804. The summed E-state index contributed by atoms with van der Waals surface area (Å²) in [6.07, 6.45) is 1.09. The number of hydrogen-bond acceptors (Lipinski definition) is 1. The first-order valence-corrected chi connectivity index (χ1v) is 5.47. The van der Waals surface area contributed by atoms with Gasteiger partial charge in [-0.15, -0.1) is 0 Å². The van der Waals surface area contributed by atoms with Crippen molar-refractivity contribution in [1.82, 2.24) is 0 Å². The minimum atomic E-state index is 0.804. The number of hydrogen-bond donors (Lipinski definition) is 0. The van der Waals surface area contributed by atoms with Crippen LogP contribution in [0, 0.1) is 6.92 Å².